The van der Waals surface area contributed by atoms with Gasteiger partial charge in [0.2, 0.25) is 0 Å². The first-order valence-electron chi connectivity index (χ1n) is 7.36. The molecule has 4 saturated carbocycles. The summed E-state index contributed by atoms with van der Waals surface area (Å²) in [6.07, 6.45) is 7.28. The molecule has 0 aliphatic heterocycles. The summed E-state index contributed by atoms with van der Waals surface area (Å²) < 4.78 is 0. The van der Waals surface area contributed by atoms with Gasteiger partial charge in [0.1, 0.15) is 0 Å². The summed E-state index contributed by atoms with van der Waals surface area (Å²) in [4.78, 5) is 0. The standard InChI is InChI=1S/C15H21N3/c16-8-13-1-2-14(18-17-13)15-11-4-9-3-10(6-11)7-12(15)5-9/h1-2,9-12,15H,3-8,16H2. The molecule has 96 valence electrons. The predicted octanol–water partition coefficient (Wildman–Crippen LogP) is 2.48. The lowest BCUT2D eigenvalue weighted by molar-refractivity contribution is -0.00445. The fourth-order valence-corrected chi connectivity index (χ4v) is 5.06. The molecule has 0 saturated heterocycles. The molecule has 0 atom stereocenters. The third-order valence-corrected chi connectivity index (χ3v) is 5.52. The lowest BCUT2D eigenvalue weighted by Crippen LogP contribution is -2.44. The van der Waals surface area contributed by atoms with Crippen LogP contribution < -0.4 is 5.73 Å². The van der Waals surface area contributed by atoms with Crippen molar-refractivity contribution in [1.29, 1.82) is 0 Å². The Morgan fingerprint density at radius 3 is 2.11 bits per heavy atom. The van der Waals surface area contributed by atoms with Gasteiger partial charge in [-0.2, -0.15) is 10.2 Å². The van der Waals surface area contributed by atoms with E-state index < -0.39 is 0 Å². The van der Waals surface area contributed by atoms with E-state index in [2.05, 4.69) is 22.3 Å². The SMILES string of the molecule is NCc1ccc(C2C3CC4CC(C3)CC2C4)nn1. The zero-order chi connectivity index (χ0) is 12.1. The first-order chi connectivity index (χ1) is 8.83. The van der Waals surface area contributed by atoms with Gasteiger partial charge < -0.3 is 5.73 Å². The number of nitrogens with two attached hydrogens (primary N) is 1. The number of hydrogen-bond donors (Lipinski definition) is 1. The molecule has 4 aliphatic rings. The lowest BCUT2D eigenvalue weighted by Gasteiger charge is -2.54. The Morgan fingerprint density at radius 1 is 0.944 bits per heavy atom. The van der Waals surface area contributed by atoms with E-state index in [1.807, 2.05) is 0 Å². The second-order valence-electron chi connectivity index (χ2n) is 6.61. The van der Waals surface area contributed by atoms with E-state index in [0.717, 1.165) is 29.4 Å². The van der Waals surface area contributed by atoms with Gasteiger partial charge in [0.15, 0.2) is 0 Å². The molecular weight excluding hydrogens is 222 g/mol. The molecule has 0 radical (unpaired) electrons. The van der Waals surface area contributed by atoms with Crippen LogP contribution in [0.1, 0.15) is 49.4 Å². The van der Waals surface area contributed by atoms with Gasteiger partial charge in [0, 0.05) is 12.5 Å². The van der Waals surface area contributed by atoms with Crippen LogP contribution in [0.4, 0.5) is 0 Å². The summed E-state index contributed by atoms with van der Waals surface area (Å²) in [5.41, 5.74) is 7.73. The van der Waals surface area contributed by atoms with Gasteiger partial charge in [-0.15, -0.1) is 0 Å². The fraction of sp³-hybridized carbons (Fsp3) is 0.733. The lowest BCUT2D eigenvalue weighted by atomic mass is 9.51. The van der Waals surface area contributed by atoms with Crippen molar-refractivity contribution in [2.75, 3.05) is 0 Å². The molecule has 3 heteroatoms. The fourth-order valence-electron chi connectivity index (χ4n) is 5.06. The summed E-state index contributed by atoms with van der Waals surface area (Å²) in [5.74, 6) is 4.52. The third-order valence-electron chi connectivity index (χ3n) is 5.52. The van der Waals surface area contributed by atoms with Crippen LogP contribution in [0.3, 0.4) is 0 Å². The van der Waals surface area contributed by atoms with E-state index in [0.29, 0.717) is 12.5 Å². The minimum Gasteiger partial charge on any atom is -0.325 e. The van der Waals surface area contributed by atoms with Gasteiger partial charge in [-0.3, -0.25) is 0 Å². The molecule has 2 N–H and O–H groups in total. The highest BCUT2D eigenvalue weighted by Gasteiger charge is 2.49. The van der Waals surface area contributed by atoms with Crippen molar-refractivity contribution in [2.45, 2.75) is 44.6 Å². The van der Waals surface area contributed by atoms with E-state index in [4.69, 9.17) is 5.73 Å². The molecule has 4 bridgehead atoms. The van der Waals surface area contributed by atoms with Gasteiger partial charge in [0.25, 0.3) is 0 Å². The Balaban J connectivity index is 1.63. The highest BCUT2D eigenvalue weighted by Crippen LogP contribution is 2.59. The second-order valence-corrected chi connectivity index (χ2v) is 6.61. The van der Waals surface area contributed by atoms with Crippen molar-refractivity contribution in [3.8, 4) is 0 Å². The number of rotatable bonds is 2. The minimum atomic E-state index is 0.495. The van der Waals surface area contributed by atoms with E-state index in [-0.39, 0.29) is 0 Å². The molecule has 1 aromatic heterocycles. The van der Waals surface area contributed by atoms with Gasteiger partial charge in [-0.05, 0) is 67.9 Å². The predicted molar refractivity (Wildman–Crippen MR) is 69.7 cm³/mol. The molecule has 1 aromatic rings. The Bertz CT molecular complexity index is 412. The molecule has 1 heterocycles. The van der Waals surface area contributed by atoms with Crippen LogP contribution in [-0.4, -0.2) is 10.2 Å². The normalized spacial score (nSPS) is 41.3. The van der Waals surface area contributed by atoms with Crippen molar-refractivity contribution in [2.24, 2.45) is 29.4 Å². The Hall–Kier alpha value is -0.960. The van der Waals surface area contributed by atoms with E-state index in [1.165, 1.54) is 37.8 Å². The van der Waals surface area contributed by atoms with Crippen LogP contribution in [0.15, 0.2) is 12.1 Å². The van der Waals surface area contributed by atoms with Crippen LogP contribution in [0.2, 0.25) is 0 Å². The van der Waals surface area contributed by atoms with Crippen molar-refractivity contribution < 1.29 is 0 Å². The summed E-state index contributed by atoms with van der Waals surface area (Å²) in [7, 11) is 0. The minimum absolute atomic E-state index is 0.495. The van der Waals surface area contributed by atoms with Crippen LogP contribution in [-0.2, 0) is 6.54 Å². The topological polar surface area (TPSA) is 51.8 Å². The van der Waals surface area contributed by atoms with Crippen LogP contribution in [0, 0.1) is 23.7 Å². The van der Waals surface area contributed by atoms with Crippen LogP contribution in [0.25, 0.3) is 0 Å². The summed E-state index contributed by atoms with van der Waals surface area (Å²) >= 11 is 0. The molecule has 5 rings (SSSR count). The third kappa shape index (κ3) is 1.60. The molecule has 0 spiro atoms. The molecule has 0 unspecified atom stereocenters. The second kappa shape index (κ2) is 4.02. The van der Waals surface area contributed by atoms with Gasteiger partial charge in [0.05, 0.1) is 11.4 Å². The van der Waals surface area contributed by atoms with Crippen LogP contribution in [0.5, 0.6) is 0 Å². The maximum absolute atomic E-state index is 5.59. The van der Waals surface area contributed by atoms with Crippen LogP contribution >= 0.6 is 0 Å². The molecule has 18 heavy (non-hydrogen) atoms. The maximum atomic E-state index is 5.59. The van der Waals surface area contributed by atoms with E-state index in [1.54, 1.807) is 0 Å². The number of aromatic nitrogens is 2. The first kappa shape index (κ1) is 10.9. The van der Waals surface area contributed by atoms with Crippen molar-refractivity contribution >= 4 is 0 Å². The maximum Gasteiger partial charge on any atom is 0.0767 e. The molecule has 3 nitrogen and oxygen atoms in total. The monoisotopic (exact) mass is 243 g/mol. The summed E-state index contributed by atoms with van der Waals surface area (Å²) in [6.45, 7) is 0.495. The Labute approximate surface area is 108 Å². The van der Waals surface area contributed by atoms with Gasteiger partial charge >= 0.3 is 0 Å². The first-order valence-corrected chi connectivity index (χ1v) is 7.36. The summed E-state index contributed by atoms with van der Waals surface area (Å²) in [5, 5.41) is 8.72. The quantitative estimate of drug-likeness (QED) is 0.868. The average Bonchev–Trinajstić information content (AvgIpc) is 2.38. The summed E-state index contributed by atoms with van der Waals surface area (Å²) in [6, 6.07) is 4.25. The van der Waals surface area contributed by atoms with Gasteiger partial charge in [-0.1, -0.05) is 0 Å². The molecule has 0 aromatic carbocycles. The Morgan fingerprint density at radius 2 is 1.61 bits per heavy atom. The highest BCUT2D eigenvalue weighted by molar-refractivity contribution is 5.17. The van der Waals surface area contributed by atoms with Crippen molar-refractivity contribution in [3.63, 3.8) is 0 Å². The average molecular weight is 243 g/mol. The van der Waals surface area contributed by atoms with Crippen molar-refractivity contribution in [1.82, 2.24) is 10.2 Å². The van der Waals surface area contributed by atoms with Crippen molar-refractivity contribution in [3.05, 3.63) is 23.5 Å². The smallest absolute Gasteiger partial charge is 0.0767 e. The zero-order valence-electron chi connectivity index (χ0n) is 10.8. The zero-order valence-corrected chi connectivity index (χ0v) is 10.8. The number of hydrogen-bond acceptors (Lipinski definition) is 3. The van der Waals surface area contributed by atoms with Gasteiger partial charge in [-0.25, -0.2) is 0 Å². The molecule has 4 aliphatic carbocycles. The molecular formula is C15H21N3. The molecule has 4 fully saturated rings. The van der Waals surface area contributed by atoms with E-state index >= 15 is 0 Å². The Kier molecular flexibility index (Phi) is 2.44. The molecule has 0 amide bonds. The number of nitrogens with zero attached hydrogens (tertiary/aromatic N) is 2. The highest BCUT2D eigenvalue weighted by atomic mass is 15.1. The van der Waals surface area contributed by atoms with E-state index in [9.17, 15) is 0 Å². The largest absolute Gasteiger partial charge is 0.325 e.